The summed E-state index contributed by atoms with van der Waals surface area (Å²) in [6.07, 6.45) is 1.76. The Balaban J connectivity index is 0.000000183. The van der Waals surface area contributed by atoms with E-state index in [1.807, 2.05) is 98.7 Å². The van der Waals surface area contributed by atoms with E-state index < -0.39 is 47.1 Å². The number of ether oxygens (including phenoxy) is 3. The molecule has 3 aromatic rings. The van der Waals surface area contributed by atoms with Gasteiger partial charge in [-0.25, -0.2) is 9.59 Å². The lowest BCUT2D eigenvalue weighted by Gasteiger charge is -2.43. The number of epoxide rings is 1. The van der Waals surface area contributed by atoms with Crippen LogP contribution in [0, 0.1) is 27.6 Å². The minimum atomic E-state index is -0.576. The van der Waals surface area contributed by atoms with E-state index in [-0.39, 0.29) is 16.4 Å². The molecule has 0 bridgehead atoms. The van der Waals surface area contributed by atoms with E-state index >= 15 is 0 Å². The van der Waals surface area contributed by atoms with Crippen LogP contribution in [0.2, 0.25) is 0 Å². The van der Waals surface area contributed by atoms with Crippen LogP contribution in [-0.4, -0.2) is 149 Å². The largest absolute Gasteiger partial charge is 0.444 e. The standard InChI is InChI=1S/C19H30N2O3.C14H18N2O.C13H17NO.C12H24N2O3/c1-18(2,3)24-17(23)20-14-19(4)10-11-21(13-16(19)22)12-15-8-6-5-7-9-15;1-14(11-15)7-8-16(10-13(14)17)9-12-5-3-2-4-6-12;1-13-7-8-14(10-12(13)15-13)9-11-5-3-2-4-6-11;1-11(2,3)17-10(16)14-8-12(4)5-6-13-7-9(12)15/h5-9,16,22H,10-14H2,1-4H3,(H,20,23);2-6,13,17H,7-10H2,1H3;2-6,12H,7-10H2,1H3;9,13,15H,5-8H2,1-4H3,(H,14,16)/t16-,19+;13-,14+;;9-,12+/m11.1/s1. The third-order valence-corrected chi connectivity index (χ3v) is 14.8. The van der Waals surface area contributed by atoms with Gasteiger partial charge in [-0.2, -0.15) is 5.26 Å². The first-order valence-electron chi connectivity index (χ1n) is 26.4. The Labute approximate surface area is 436 Å². The van der Waals surface area contributed by atoms with E-state index in [2.05, 4.69) is 98.2 Å². The number of hydrogen-bond donors (Lipinski definition) is 6. The van der Waals surface area contributed by atoms with Crippen molar-refractivity contribution in [1.29, 1.82) is 5.26 Å². The van der Waals surface area contributed by atoms with Crippen LogP contribution >= 0.6 is 0 Å². The molecule has 0 radical (unpaired) electrons. The second kappa shape index (κ2) is 26.2. The van der Waals surface area contributed by atoms with Crippen molar-refractivity contribution < 1.29 is 39.1 Å². The molecule has 5 aliphatic heterocycles. The van der Waals surface area contributed by atoms with Gasteiger partial charge in [0, 0.05) is 82.8 Å². The molecular formula is C58H89N7O8. The highest BCUT2D eigenvalue weighted by Gasteiger charge is 2.55. The van der Waals surface area contributed by atoms with Gasteiger partial charge in [-0.05, 0) is 111 Å². The number of alkyl carbamates (subject to hydrolysis) is 2. The SMILES string of the molecule is CC(C)(C)OC(=O)NC[C@]1(C)CCN(Cc2ccccc2)C[C@H]1O.CC(C)(C)OC(=O)NC[C@]1(C)CCNC[C@H]1O.CC12CCN(Cc3ccccc3)CC1O2.C[C@@]1(C#N)CCN(Cc2ccccc2)C[C@H]1O. The van der Waals surface area contributed by atoms with Gasteiger partial charge < -0.3 is 45.5 Å². The number of carbonyl (C=O) groups excluding carboxylic acids is 2. The number of aliphatic hydroxyl groups excluding tert-OH is 3. The summed E-state index contributed by atoms with van der Waals surface area (Å²) >= 11 is 0. The van der Waals surface area contributed by atoms with Gasteiger partial charge in [0.25, 0.3) is 0 Å². The quantitative estimate of drug-likeness (QED) is 0.110. The van der Waals surface area contributed by atoms with Gasteiger partial charge in [-0.3, -0.25) is 14.7 Å². The lowest BCUT2D eigenvalue weighted by atomic mass is 9.77. The first-order chi connectivity index (χ1) is 34.3. The van der Waals surface area contributed by atoms with Gasteiger partial charge in [0.05, 0.1) is 41.5 Å². The molecule has 15 nitrogen and oxygen atoms in total. The van der Waals surface area contributed by atoms with E-state index in [4.69, 9.17) is 19.5 Å². The number of rotatable bonds is 10. The Hall–Kier alpha value is -4.63. The highest BCUT2D eigenvalue weighted by molar-refractivity contribution is 5.68. The zero-order valence-corrected chi connectivity index (χ0v) is 45.7. The highest BCUT2D eigenvalue weighted by Crippen LogP contribution is 2.43. The topological polar surface area (TPSA) is 195 Å². The summed E-state index contributed by atoms with van der Waals surface area (Å²) in [5, 5.41) is 48.2. The molecule has 0 aromatic heterocycles. The fourth-order valence-electron chi connectivity index (χ4n) is 9.38. The van der Waals surface area contributed by atoms with E-state index in [9.17, 15) is 24.9 Å². The summed E-state index contributed by atoms with van der Waals surface area (Å²) in [7, 11) is 0. The van der Waals surface area contributed by atoms with Crippen molar-refractivity contribution in [3.8, 4) is 6.07 Å². The van der Waals surface area contributed by atoms with Gasteiger partial charge in [0.1, 0.15) is 11.2 Å². The molecule has 0 saturated carbocycles. The number of fused-ring (bicyclic) bond motifs is 1. The lowest BCUT2D eigenvalue weighted by Crippen LogP contribution is -2.54. The van der Waals surface area contributed by atoms with Crippen molar-refractivity contribution in [2.45, 2.75) is 156 Å². The number of amides is 2. The molecule has 5 aliphatic rings. The number of hydrogen-bond acceptors (Lipinski definition) is 13. The summed E-state index contributed by atoms with van der Waals surface area (Å²) in [5.41, 5.74) is 1.95. The molecule has 2 unspecified atom stereocenters. The molecule has 5 heterocycles. The predicted octanol–water partition coefficient (Wildman–Crippen LogP) is 7.49. The molecule has 404 valence electrons. The lowest BCUT2D eigenvalue weighted by molar-refractivity contribution is -0.0382. The summed E-state index contributed by atoms with van der Waals surface area (Å²) in [5.74, 6) is 0. The number of nitrogens with zero attached hydrogens (tertiary/aromatic N) is 4. The zero-order chi connectivity index (χ0) is 53.5. The molecule has 8 atom stereocenters. The summed E-state index contributed by atoms with van der Waals surface area (Å²) in [6, 6.07) is 33.4. The first kappa shape index (κ1) is 59.2. The maximum absolute atomic E-state index is 11.8. The van der Waals surface area contributed by atoms with Crippen molar-refractivity contribution in [1.82, 2.24) is 30.7 Å². The van der Waals surface area contributed by atoms with Gasteiger partial charge in [-0.15, -0.1) is 0 Å². The second-order valence-corrected chi connectivity index (χ2v) is 23.9. The molecule has 0 spiro atoms. The Kier molecular flexibility index (Phi) is 21.3. The third-order valence-electron chi connectivity index (χ3n) is 14.8. The smallest absolute Gasteiger partial charge is 0.407 e. The van der Waals surface area contributed by atoms with Crippen LogP contribution in [0.3, 0.4) is 0 Å². The van der Waals surface area contributed by atoms with Crippen LogP contribution in [0.25, 0.3) is 0 Å². The van der Waals surface area contributed by atoms with E-state index in [0.29, 0.717) is 38.8 Å². The van der Waals surface area contributed by atoms with Crippen LogP contribution in [0.15, 0.2) is 91.0 Å². The van der Waals surface area contributed by atoms with Gasteiger partial charge in [0.15, 0.2) is 0 Å². The summed E-state index contributed by atoms with van der Waals surface area (Å²) < 4.78 is 16.1. The maximum Gasteiger partial charge on any atom is 0.407 e. The van der Waals surface area contributed by atoms with Crippen molar-refractivity contribution in [3.05, 3.63) is 108 Å². The fraction of sp³-hybridized carbons (Fsp3) is 0.638. The average Bonchev–Trinajstić information content (AvgIpc) is 4.02. The van der Waals surface area contributed by atoms with E-state index in [1.54, 1.807) is 0 Å². The number of piperidine rings is 4. The zero-order valence-electron chi connectivity index (χ0n) is 45.7. The highest BCUT2D eigenvalue weighted by atomic mass is 16.6. The Morgan fingerprint density at radius 3 is 1.44 bits per heavy atom. The average molecular weight is 1010 g/mol. The van der Waals surface area contributed by atoms with Crippen LogP contribution in [0.5, 0.6) is 0 Å². The van der Waals surface area contributed by atoms with Crippen LogP contribution in [0.4, 0.5) is 9.59 Å². The van der Waals surface area contributed by atoms with Crippen molar-refractivity contribution in [3.63, 3.8) is 0 Å². The van der Waals surface area contributed by atoms with Gasteiger partial charge in [-0.1, -0.05) is 105 Å². The van der Waals surface area contributed by atoms with Gasteiger partial charge >= 0.3 is 12.2 Å². The Morgan fingerprint density at radius 2 is 1.04 bits per heavy atom. The number of β-amino-alcohol motifs (C(OH)–C–C–N with tert-alkyl or cyclic N) is 3. The van der Waals surface area contributed by atoms with Crippen LogP contribution in [0.1, 0.15) is 112 Å². The monoisotopic (exact) mass is 1010 g/mol. The molecular weight excluding hydrogens is 923 g/mol. The number of likely N-dealkylation sites (tertiary alicyclic amines) is 3. The second-order valence-electron chi connectivity index (χ2n) is 23.9. The molecule has 15 heteroatoms. The molecule has 6 N–H and O–H groups in total. The van der Waals surface area contributed by atoms with Crippen LogP contribution < -0.4 is 16.0 Å². The number of carbonyl (C=O) groups is 2. The molecule has 0 aliphatic carbocycles. The van der Waals surface area contributed by atoms with Crippen molar-refractivity contribution in [2.75, 3.05) is 65.4 Å². The summed E-state index contributed by atoms with van der Waals surface area (Å²) in [6.45, 7) is 29.4. The molecule has 2 amide bonds. The first-order valence-corrected chi connectivity index (χ1v) is 26.4. The van der Waals surface area contributed by atoms with Crippen molar-refractivity contribution >= 4 is 12.2 Å². The summed E-state index contributed by atoms with van der Waals surface area (Å²) in [4.78, 5) is 30.3. The number of nitriles is 1. The van der Waals surface area contributed by atoms with E-state index in [1.165, 1.54) is 29.7 Å². The maximum atomic E-state index is 11.8. The third kappa shape index (κ3) is 19.5. The fourth-order valence-corrected chi connectivity index (χ4v) is 9.38. The van der Waals surface area contributed by atoms with E-state index in [0.717, 1.165) is 65.1 Å². The molecule has 73 heavy (non-hydrogen) atoms. The number of nitrogens with one attached hydrogen (secondary N) is 3. The van der Waals surface area contributed by atoms with Gasteiger partial charge in [0.2, 0.25) is 0 Å². The van der Waals surface area contributed by atoms with Crippen LogP contribution in [-0.2, 0) is 33.8 Å². The number of aliphatic hydroxyl groups is 3. The Morgan fingerprint density at radius 1 is 0.630 bits per heavy atom. The van der Waals surface area contributed by atoms with Crippen molar-refractivity contribution in [2.24, 2.45) is 16.2 Å². The molecule has 5 fully saturated rings. The molecule has 5 saturated heterocycles. The normalized spacial score (nSPS) is 29.4. The minimum absolute atomic E-state index is 0.229. The minimum Gasteiger partial charge on any atom is -0.444 e. The molecule has 8 rings (SSSR count). The Bertz CT molecular complexity index is 2190. The number of benzene rings is 3. The predicted molar refractivity (Wildman–Crippen MR) is 286 cm³/mol. The molecule has 3 aromatic carbocycles.